The zero-order valence-corrected chi connectivity index (χ0v) is 27.2. The first kappa shape index (κ1) is 31.6. The standard InChI is InChI=1S/C34H37N5O5S/c1-7-36(8-2)26-17-16-24(39(42)43)19-23(26)20-28-32(40)38-31(30-25-14-12-11-13-22(25)15-18-27(30)44-6)29(21(5)35-34(38)45-28)33(41)37(9-3)10-4/h11-20,31H,7-10H2,1-6H3/b28-20-/t31-/m0/s1. The summed E-state index contributed by atoms with van der Waals surface area (Å²) >= 11 is 1.20. The van der Waals surface area contributed by atoms with Crippen molar-refractivity contribution in [1.29, 1.82) is 0 Å². The van der Waals surface area contributed by atoms with E-state index in [9.17, 15) is 19.7 Å². The second-order valence-corrected chi connectivity index (χ2v) is 11.6. The third-order valence-electron chi connectivity index (χ3n) is 8.34. The Bertz CT molecular complexity index is 2000. The van der Waals surface area contributed by atoms with Crippen LogP contribution in [0.15, 0.2) is 75.7 Å². The van der Waals surface area contributed by atoms with Gasteiger partial charge in [0.15, 0.2) is 4.80 Å². The molecule has 0 N–H and O–H groups in total. The fourth-order valence-corrected chi connectivity index (χ4v) is 7.09. The minimum atomic E-state index is -0.815. The van der Waals surface area contributed by atoms with Crippen LogP contribution in [0, 0.1) is 10.1 Å². The number of aromatic nitrogens is 1. The van der Waals surface area contributed by atoms with Crippen molar-refractivity contribution in [2.75, 3.05) is 38.2 Å². The number of hydrogen-bond acceptors (Lipinski definition) is 8. The molecule has 0 saturated carbocycles. The lowest BCUT2D eigenvalue weighted by Crippen LogP contribution is -2.43. The minimum absolute atomic E-state index is 0.0637. The van der Waals surface area contributed by atoms with Gasteiger partial charge in [0.1, 0.15) is 11.8 Å². The van der Waals surface area contributed by atoms with Crippen LogP contribution in [-0.2, 0) is 4.79 Å². The summed E-state index contributed by atoms with van der Waals surface area (Å²) in [6.07, 6.45) is 1.70. The molecule has 3 aromatic carbocycles. The minimum Gasteiger partial charge on any atom is -0.496 e. The highest BCUT2D eigenvalue weighted by Crippen LogP contribution is 2.40. The van der Waals surface area contributed by atoms with E-state index in [0.29, 0.717) is 63.7 Å². The number of methoxy groups -OCH3 is 1. The van der Waals surface area contributed by atoms with Crippen LogP contribution in [0.25, 0.3) is 16.8 Å². The average Bonchev–Trinajstić information content (AvgIpc) is 3.35. The fourth-order valence-electron chi connectivity index (χ4n) is 6.05. The number of carbonyl (C=O) groups is 1. The number of thiazole rings is 1. The largest absolute Gasteiger partial charge is 0.496 e. The molecule has 10 nitrogen and oxygen atoms in total. The Hall–Kier alpha value is -4.77. The van der Waals surface area contributed by atoms with Crippen molar-refractivity contribution < 1.29 is 14.5 Å². The van der Waals surface area contributed by atoms with Crippen LogP contribution >= 0.6 is 11.3 Å². The topological polar surface area (TPSA) is 110 Å². The lowest BCUT2D eigenvalue weighted by Gasteiger charge is -2.30. The molecule has 11 heteroatoms. The van der Waals surface area contributed by atoms with E-state index in [4.69, 9.17) is 9.73 Å². The number of non-ortho nitro benzene ring substituents is 1. The molecular formula is C34H37N5O5S. The Labute approximate surface area is 265 Å². The quantitative estimate of drug-likeness (QED) is 0.180. The summed E-state index contributed by atoms with van der Waals surface area (Å²) in [7, 11) is 1.58. The number of amides is 1. The zero-order chi connectivity index (χ0) is 32.4. The second kappa shape index (κ2) is 13.1. The number of nitro groups is 1. The molecule has 0 bridgehead atoms. The molecule has 234 valence electrons. The molecule has 1 aromatic heterocycles. The molecule has 45 heavy (non-hydrogen) atoms. The van der Waals surface area contributed by atoms with Gasteiger partial charge in [0, 0.05) is 55.1 Å². The summed E-state index contributed by atoms with van der Waals surface area (Å²) in [5.74, 6) is 0.355. The Morgan fingerprint density at radius 3 is 2.42 bits per heavy atom. The van der Waals surface area contributed by atoms with Gasteiger partial charge in [0.05, 0.1) is 27.8 Å². The highest BCUT2D eigenvalue weighted by molar-refractivity contribution is 7.07. The molecule has 0 unspecified atom stereocenters. The van der Waals surface area contributed by atoms with E-state index >= 15 is 0 Å². The van der Waals surface area contributed by atoms with Crippen LogP contribution in [0.4, 0.5) is 11.4 Å². The number of nitro benzene ring substituents is 1. The van der Waals surface area contributed by atoms with Crippen molar-refractivity contribution in [2.45, 2.75) is 40.7 Å². The van der Waals surface area contributed by atoms with Gasteiger partial charge in [-0.25, -0.2) is 4.99 Å². The number of allylic oxidation sites excluding steroid dienone is 1. The van der Waals surface area contributed by atoms with Crippen LogP contribution in [0.2, 0.25) is 0 Å². The lowest BCUT2D eigenvalue weighted by atomic mass is 9.90. The third-order valence-corrected chi connectivity index (χ3v) is 9.32. The Morgan fingerprint density at radius 1 is 1.07 bits per heavy atom. The van der Waals surface area contributed by atoms with Gasteiger partial charge in [-0.3, -0.25) is 24.3 Å². The maximum Gasteiger partial charge on any atom is 0.271 e. The zero-order valence-electron chi connectivity index (χ0n) is 26.4. The number of ether oxygens (including phenoxy) is 1. The van der Waals surface area contributed by atoms with E-state index in [2.05, 4.69) is 4.90 Å². The van der Waals surface area contributed by atoms with E-state index in [1.54, 1.807) is 35.6 Å². The smallest absolute Gasteiger partial charge is 0.271 e. The SMILES string of the molecule is CCN(CC)C(=O)C1=C(C)N=c2s/c(=C\c3cc([N+](=O)[O-])ccc3N(CC)CC)c(=O)n2[C@@H]1c1c(OC)ccc2ccccc12. The van der Waals surface area contributed by atoms with E-state index in [1.807, 2.05) is 64.1 Å². The molecule has 0 spiro atoms. The highest BCUT2D eigenvalue weighted by Gasteiger charge is 2.36. The summed E-state index contributed by atoms with van der Waals surface area (Å²) < 4.78 is 7.82. The lowest BCUT2D eigenvalue weighted by molar-refractivity contribution is -0.384. The maximum absolute atomic E-state index is 14.5. The number of hydrogen-bond donors (Lipinski definition) is 0. The molecule has 5 rings (SSSR count). The first-order valence-corrected chi connectivity index (χ1v) is 15.9. The maximum atomic E-state index is 14.5. The van der Waals surface area contributed by atoms with E-state index < -0.39 is 11.0 Å². The van der Waals surface area contributed by atoms with Gasteiger partial charge in [-0.05, 0) is 63.6 Å². The average molecular weight is 628 g/mol. The summed E-state index contributed by atoms with van der Waals surface area (Å²) in [5, 5.41) is 13.5. The number of nitrogens with zero attached hydrogens (tertiary/aromatic N) is 5. The normalized spacial score (nSPS) is 14.7. The number of fused-ring (bicyclic) bond motifs is 2. The van der Waals surface area contributed by atoms with Crippen LogP contribution in [-0.4, -0.2) is 53.6 Å². The molecular weight excluding hydrogens is 590 g/mol. The fraction of sp³-hybridized carbons (Fsp3) is 0.324. The van der Waals surface area contributed by atoms with E-state index in [-0.39, 0.29) is 17.2 Å². The number of carbonyl (C=O) groups excluding carboxylic acids is 1. The van der Waals surface area contributed by atoms with Gasteiger partial charge in [0.25, 0.3) is 17.2 Å². The molecule has 0 aliphatic carbocycles. The Kier molecular flexibility index (Phi) is 9.19. The van der Waals surface area contributed by atoms with E-state index in [0.717, 1.165) is 16.5 Å². The second-order valence-electron chi connectivity index (χ2n) is 10.6. The first-order chi connectivity index (χ1) is 21.7. The number of benzene rings is 3. The third kappa shape index (κ3) is 5.64. The predicted molar refractivity (Wildman–Crippen MR) is 179 cm³/mol. The summed E-state index contributed by atoms with van der Waals surface area (Å²) in [6.45, 7) is 12.0. The first-order valence-electron chi connectivity index (χ1n) is 15.1. The predicted octanol–water partition coefficient (Wildman–Crippen LogP) is 5.02. The van der Waals surface area contributed by atoms with E-state index in [1.165, 1.54) is 23.5 Å². The van der Waals surface area contributed by atoms with Gasteiger partial charge < -0.3 is 14.5 Å². The molecule has 1 aliphatic heterocycles. The Morgan fingerprint density at radius 2 is 1.78 bits per heavy atom. The molecule has 0 saturated heterocycles. The van der Waals surface area contributed by atoms with Gasteiger partial charge in [0.2, 0.25) is 0 Å². The molecule has 1 amide bonds. The van der Waals surface area contributed by atoms with Gasteiger partial charge in [-0.15, -0.1) is 0 Å². The van der Waals surface area contributed by atoms with Crippen molar-refractivity contribution in [1.82, 2.24) is 9.47 Å². The summed E-state index contributed by atoms with van der Waals surface area (Å²) in [5.41, 5.74) is 2.59. The number of likely N-dealkylation sites (N-methyl/N-ethyl adjacent to an activating group) is 1. The molecule has 4 aromatic rings. The van der Waals surface area contributed by atoms with Crippen molar-refractivity contribution in [3.05, 3.63) is 107 Å². The number of rotatable bonds is 10. The highest BCUT2D eigenvalue weighted by atomic mass is 32.1. The molecule has 1 atom stereocenters. The Balaban J connectivity index is 1.86. The van der Waals surface area contributed by atoms with Crippen molar-refractivity contribution >= 4 is 45.5 Å². The summed E-state index contributed by atoms with van der Waals surface area (Å²) in [4.78, 5) is 49.0. The van der Waals surface area contributed by atoms with Gasteiger partial charge >= 0.3 is 0 Å². The molecule has 2 heterocycles. The van der Waals surface area contributed by atoms with Gasteiger partial charge in [-0.2, -0.15) is 0 Å². The monoisotopic (exact) mass is 627 g/mol. The van der Waals surface area contributed by atoms with Crippen molar-refractivity contribution in [3.63, 3.8) is 0 Å². The number of anilines is 1. The molecule has 0 radical (unpaired) electrons. The van der Waals surface area contributed by atoms with Crippen LogP contribution in [0.3, 0.4) is 0 Å². The van der Waals surface area contributed by atoms with Crippen molar-refractivity contribution in [2.24, 2.45) is 4.99 Å². The molecule has 0 fully saturated rings. The van der Waals surface area contributed by atoms with Crippen molar-refractivity contribution in [3.8, 4) is 5.75 Å². The van der Waals surface area contributed by atoms with Crippen LogP contribution in [0.1, 0.15) is 51.8 Å². The van der Waals surface area contributed by atoms with Gasteiger partial charge in [-0.1, -0.05) is 41.7 Å². The molecule has 1 aliphatic rings. The summed E-state index contributed by atoms with van der Waals surface area (Å²) in [6, 6.07) is 15.5. The van der Waals surface area contributed by atoms with Crippen LogP contribution in [0.5, 0.6) is 5.75 Å². The van der Waals surface area contributed by atoms with Crippen LogP contribution < -0.4 is 24.5 Å².